The molecule has 0 aliphatic heterocycles. The zero-order chi connectivity index (χ0) is 23.2. The summed E-state index contributed by atoms with van der Waals surface area (Å²) in [5.41, 5.74) is 0. The maximum absolute atomic E-state index is 13.3. The fraction of sp³-hybridized carbons (Fsp3) is 0.964. The molecule has 186 valence electrons. The van der Waals surface area contributed by atoms with Crippen LogP contribution in [-0.4, -0.2) is 48.9 Å². The van der Waals surface area contributed by atoms with Gasteiger partial charge in [0, 0.05) is 19.0 Å². The highest BCUT2D eigenvalue weighted by atomic mass is 16.2. The molecule has 0 aromatic rings. The van der Waals surface area contributed by atoms with Gasteiger partial charge in [-0.1, -0.05) is 111 Å². The lowest BCUT2D eigenvalue weighted by Crippen LogP contribution is -2.41. The van der Waals surface area contributed by atoms with Crippen LogP contribution in [0.3, 0.4) is 0 Å². The van der Waals surface area contributed by atoms with Gasteiger partial charge in [-0.25, -0.2) is 0 Å². The molecule has 0 radical (unpaired) electrons. The molecule has 0 heterocycles. The van der Waals surface area contributed by atoms with Gasteiger partial charge in [-0.2, -0.15) is 0 Å². The van der Waals surface area contributed by atoms with Crippen molar-refractivity contribution in [2.45, 2.75) is 149 Å². The molecule has 0 bridgehead atoms. The summed E-state index contributed by atoms with van der Waals surface area (Å²) < 4.78 is 0. The van der Waals surface area contributed by atoms with Crippen LogP contribution in [0.25, 0.3) is 0 Å². The minimum absolute atomic E-state index is 0.434. The van der Waals surface area contributed by atoms with Gasteiger partial charge in [0.15, 0.2) is 0 Å². The van der Waals surface area contributed by atoms with Gasteiger partial charge in [-0.05, 0) is 46.3 Å². The van der Waals surface area contributed by atoms with Gasteiger partial charge in [-0.15, -0.1) is 0 Å². The van der Waals surface area contributed by atoms with Crippen molar-refractivity contribution in [2.24, 2.45) is 0 Å². The van der Waals surface area contributed by atoms with Crippen LogP contribution in [0.4, 0.5) is 0 Å². The average Bonchev–Trinajstić information content (AvgIpc) is 2.75. The Morgan fingerprint density at radius 2 is 1.03 bits per heavy atom. The van der Waals surface area contributed by atoms with E-state index in [0.717, 1.165) is 32.4 Å². The van der Waals surface area contributed by atoms with Crippen molar-refractivity contribution < 1.29 is 4.79 Å². The molecule has 0 N–H and O–H groups in total. The van der Waals surface area contributed by atoms with Crippen LogP contribution in [0, 0.1) is 0 Å². The zero-order valence-electron chi connectivity index (χ0n) is 22.2. The molecule has 1 atom stereocenters. The number of carbonyl (C=O) groups is 1. The van der Waals surface area contributed by atoms with Crippen molar-refractivity contribution in [3.63, 3.8) is 0 Å². The predicted molar refractivity (Wildman–Crippen MR) is 139 cm³/mol. The summed E-state index contributed by atoms with van der Waals surface area (Å²) in [6.45, 7) is 8.84. The minimum Gasteiger partial charge on any atom is -0.340 e. The quantitative estimate of drug-likeness (QED) is 0.150. The number of rotatable bonds is 23. The molecule has 0 aromatic heterocycles. The number of amides is 1. The van der Waals surface area contributed by atoms with E-state index in [1.54, 1.807) is 0 Å². The van der Waals surface area contributed by atoms with Gasteiger partial charge in [0.05, 0.1) is 0 Å². The average molecular weight is 439 g/mol. The number of hydrogen-bond donors (Lipinski definition) is 0. The lowest BCUT2D eigenvalue weighted by atomic mass is 9.98. The van der Waals surface area contributed by atoms with E-state index < -0.39 is 0 Å². The molecule has 0 fully saturated rings. The Labute approximate surface area is 196 Å². The van der Waals surface area contributed by atoms with Crippen molar-refractivity contribution in [1.82, 2.24) is 9.80 Å². The third-order valence-electron chi connectivity index (χ3n) is 6.54. The summed E-state index contributed by atoms with van der Waals surface area (Å²) in [6.07, 6.45) is 23.6. The lowest BCUT2D eigenvalue weighted by Gasteiger charge is -2.33. The number of carbonyl (C=O) groups excluding carboxylic acids is 1. The first-order valence-electron chi connectivity index (χ1n) is 14.0. The molecule has 0 rings (SSSR count). The van der Waals surface area contributed by atoms with E-state index in [4.69, 9.17) is 0 Å². The molecule has 1 amide bonds. The first-order chi connectivity index (χ1) is 15.1. The van der Waals surface area contributed by atoms with E-state index >= 15 is 0 Å². The molecule has 1 unspecified atom stereocenters. The Balaban J connectivity index is 4.82. The van der Waals surface area contributed by atoms with Gasteiger partial charge in [-0.3, -0.25) is 4.79 Å². The van der Waals surface area contributed by atoms with Gasteiger partial charge in [0.1, 0.15) is 0 Å². The van der Waals surface area contributed by atoms with E-state index in [2.05, 4.69) is 44.7 Å². The topological polar surface area (TPSA) is 23.6 Å². The van der Waals surface area contributed by atoms with Crippen molar-refractivity contribution >= 4 is 5.91 Å². The fourth-order valence-corrected chi connectivity index (χ4v) is 4.51. The van der Waals surface area contributed by atoms with Crippen LogP contribution in [0.1, 0.15) is 143 Å². The maximum atomic E-state index is 13.3. The van der Waals surface area contributed by atoms with Gasteiger partial charge in [0.2, 0.25) is 5.91 Å². The molecule has 0 saturated heterocycles. The fourth-order valence-electron chi connectivity index (χ4n) is 4.51. The van der Waals surface area contributed by atoms with Crippen molar-refractivity contribution in [3.8, 4) is 0 Å². The van der Waals surface area contributed by atoms with Crippen molar-refractivity contribution in [1.29, 1.82) is 0 Å². The molecule has 0 aliphatic rings. The highest BCUT2D eigenvalue weighted by Gasteiger charge is 2.22. The van der Waals surface area contributed by atoms with Crippen LogP contribution in [0.2, 0.25) is 0 Å². The van der Waals surface area contributed by atoms with Crippen LogP contribution in [0.15, 0.2) is 0 Å². The molecule has 0 aromatic carbocycles. The highest BCUT2D eigenvalue weighted by molar-refractivity contribution is 5.76. The second-order valence-corrected chi connectivity index (χ2v) is 9.97. The lowest BCUT2D eigenvalue weighted by molar-refractivity contribution is -0.134. The maximum Gasteiger partial charge on any atom is 0.222 e. The standard InChI is InChI=1S/C28H58N2O/c1-6-9-12-15-17-20-24-28(31)30(26-21-25-29(4)5)27(22-18-14-11-8-3)23-19-16-13-10-7-2/h27H,6-26H2,1-5H3. The normalized spacial score (nSPS) is 12.5. The minimum atomic E-state index is 0.434. The molecule has 0 saturated carbocycles. The number of hydrogen-bond acceptors (Lipinski definition) is 2. The summed E-state index contributed by atoms with van der Waals surface area (Å²) in [7, 11) is 4.27. The number of unbranched alkanes of at least 4 members (excludes halogenated alkanes) is 12. The summed E-state index contributed by atoms with van der Waals surface area (Å²) in [5, 5.41) is 0. The van der Waals surface area contributed by atoms with E-state index in [1.165, 1.54) is 103 Å². The van der Waals surface area contributed by atoms with E-state index in [9.17, 15) is 4.79 Å². The van der Waals surface area contributed by atoms with Crippen molar-refractivity contribution in [2.75, 3.05) is 27.2 Å². The molecule has 3 nitrogen and oxygen atoms in total. The Bertz CT molecular complexity index is 383. The molecule has 0 spiro atoms. The SMILES string of the molecule is CCCCCCCCC(=O)N(CCCN(C)C)C(CCCCCC)CCCCCCC. The Kier molecular flexibility index (Phi) is 22.2. The highest BCUT2D eigenvalue weighted by Crippen LogP contribution is 2.21. The second-order valence-electron chi connectivity index (χ2n) is 9.97. The second kappa shape index (κ2) is 22.6. The molecular weight excluding hydrogens is 380 g/mol. The zero-order valence-corrected chi connectivity index (χ0v) is 22.2. The van der Waals surface area contributed by atoms with Crippen molar-refractivity contribution in [3.05, 3.63) is 0 Å². The van der Waals surface area contributed by atoms with Crippen LogP contribution in [-0.2, 0) is 4.79 Å². The Hall–Kier alpha value is -0.570. The van der Waals surface area contributed by atoms with Gasteiger partial charge >= 0.3 is 0 Å². The largest absolute Gasteiger partial charge is 0.340 e. The van der Waals surface area contributed by atoms with Gasteiger partial charge in [0.25, 0.3) is 0 Å². The smallest absolute Gasteiger partial charge is 0.222 e. The molecule has 3 heteroatoms. The monoisotopic (exact) mass is 438 g/mol. The van der Waals surface area contributed by atoms with E-state index in [1.807, 2.05) is 0 Å². The Morgan fingerprint density at radius 1 is 0.581 bits per heavy atom. The third-order valence-corrected chi connectivity index (χ3v) is 6.54. The Morgan fingerprint density at radius 3 is 1.55 bits per heavy atom. The van der Waals surface area contributed by atoms with Crippen LogP contribution in [0.5, 0.6) is 0 Å². The van der Waals surface area contributed by atoms with Gasteiger partial charge < -0.3 is 9.80 Å². The first kappa shape index (κ1) is 30.4. The third kappa shape index (κ3) is 18.7. The molecular formula is C28H58N2O. The number of nitrogens with zero attached hydrogens (tertiary/aromatic N) is 2. The summed E-state index contributed by atoms with van der Waals surface area (Å²) in [6, 6.07) is 0.466. The summed E-state index contributed by atoms with van der Waals surface area (Å²) in [4.78, 5) is 17.9. The van der Waals surface area contributed by atoms with E-state index in [0.29, 0.717) is 11.9 Å². The molecule has 31 heavy (non-hydrogen) atoms. The molecule has 0 aliphatic carbocycles. The summed E-state index contributed by atoms with van der Waals surface area (Å²) in [5.74, 6) is 0.434. The van der Waals surface area contributed by atoms with Crippen LogP contribution < -0.4 is 0 Å². The first-order valence-corrected chi connectivity index (χ1v) is 14.0. The van der Waals surface area contributed by atoms with Crippen LogP contribution >= 0.6 is 0 Å². The van der Waals surface area contributed by atoms with E-state index in [-0.39, 0.29) is 0 Å². The predicted octanol–water partition coefficient (Wildman–Crippen LogP) is 8.22. The summed E-state index contributed by atoms with van der Waals surface area (Å²) >= 11 is 0.